The number of halogens is 1. The quantitative estimate of drug-likeness (QED) is 0.865. The Labute approximate surface area is 142 Å². The van der Waals surface area contributed by atoms with Gasteiger partial charge in [-0.25, -0.2) is 13.4 Å². The van der Waals surface area contributed by atoms with Crippen LogP contribution in [0, 0.1) is 0 Å². The number of fused-ring (bicyclic) bond motifs is 1. The molecule has 0 radical (unpaired) electrons. The van der Waals surface area contributed by atoms with Crippen LogP contribution in [0.3, 0.4) is 0 Å². The van der Waals surface area contributed by atoms with Crippen LogP contribution in [0.15, 0.2) is 45.9 Å². The first kappa shape index (κ1) is 15.9. The van der Waals surface area contributed by atoms with Gasteiger partial charge in [-0.15, -0.1) is 0 Å². The van der Waals surface area contributed by atoms with Crippen molar-refractivity contribution in [3.8, 4) is 0 Å². The van der Waals surface area contributed by atoms with Gasteiger partial charge in [-0.3, -0.25) is 9.52 Å². The van der Waals surface area contributed by atoms with Gasteiger partial charge in [0.2, 0.25) is 5.91 Å². The molecule has 0 atom stereocenters. The lowest BCUT2D eigenvalue weighted by Crippen LogP contribution is -2.26. The largest absolute Gasteiger partial charge is 0.312 e. The molecule has 0 saturated heterocycles. The van der Waals surface area contributed by atoms with Crippen molar-refractivity contribution >= 4 is 43.4 Å². The van der Waals surface area contributed by atoms with Crippen LogP contribution in [0.25, 0.3) is 0 Å². The molecule has 0 unspecified atom stereocenters. The molecule has 0 bridgehead atoms. The fourth-order valence-corrected chi connectivity index (χ4v) is 4.66. The molecule has 1 aromatic carbocycles. The lowest BCUT2D eigenvalue weighted by molar-refractivity contribution is -0.116. The molecule has 1 aromatic heterocycles. The average molecular weight is 396 g/mol. The summed E-state index contributed by atoms with van der Waals surface area (Å²) < 4.78 is 28.1. The Morgan fingerprint density at radius 2 is 2.13 bits per heavy atom. The molecule has 1 aliphatic heterocycles. The number of aromatic nitrogens is 1. The van der Waals surface area contributed by atoms with Gasteiger partial charge < -0.3 is 4.90 Å². The standard InChI is InChI=1S/C15H14BrN3O3S/c1-10(20)19-7-5-11-8-12(16)14(9-13(11)19)23(21,22)18-15-4-2-3-6-17-15/h2-4,6,8-9H,5,7H2,1H3,(H,17,18). The Bertz CT molecular complexity index is 869. The first-order chi connectivity index (χ1) is 10.9. The number of carbonyl (C=O) groups excluding carboxylic acids is 1. The molecule has 2 heterocycles. The minimum atomic E-state index is -3.81. The Hall–Kier alpha value is -1.93. The van der Waals surface area contributed by atoms with Crippen LogP contribution in [0.4, 0.5) is 11.5 Å². The molecule has 1 N–H and O–H groups in total. The molecule has 6 nitrogen and oxygen atoms in total. The molecule has 0 aliphatic carbocycles. The summed E-state index contributed by atoms with van der Waals surface area (Å²) in [5, 5.41) is 0. The highest BCUT2D eigenvalue weighted by atomic mass is 79.9. The molecule has 1 amide bonds. The summed E-state index contributed by atoms with van der Waals surface area (Å²) in [6.45, 7) is 2.03. The first-order valence-corrected chi connectivity index (χ1v) is 9.20. The summed E-state index contributed by atoms with van der Waals surface area (Å²) in [5.74, 6) is 0.135. The molecule has 120 valence electrons. The maximum absolute atomic E-state index is 12.6. The topological polar surface area (TPSA) is 79.4 Å². The predicted molar refractivity (Wildman–Crippen MR) is 90.9 cm³/mol. The van der Waals surface area contributed by atoms with E-state index < -0.39 is 10.0 Å². The molecule has 1 aliphatic rings. The van der Waals surface area contributed by atoms with Crippen molar-refractivity contribution in [1.29, 1.82) is 0 Å². The smallest absolute Gasteiger partial charge is 0.264 e. The monoisotopic (exact) mass is 395 g/mol. The van der Waals surface area contributed by atoms with E-state index in [0.29, 0.717) is 23.1 Å². The number of hydrogen-bond acceptors (Lipinski definition) is 4. The minimum Gasteiger partial charge on any atom is -0.312 e. The zero-order chi connectivity index (χ0) is 16.6. The second-order valence-electron chi connectivity index (χ2n) is 5.15. The Balaban J connectivity index is 2.03. The van der Waals surface area contributed by atoms with Gasteiger partial charge in [-0.05, 0) is 52.2 Å². The highest BCUT2D eigenvalue weighted by Crippen LogP contribution is 2.35. The molecule has 0 saturated carbocycles. The number of nitrogens with one attached hydrogen (secondary N) is 1. The van der Waals surface area contributed by atoms with Crippen LogP contribution in [0.2, 0.25) is 0 Å². The molecular weight excluding hydrogens is 382 g/mol. The number of pyridine rings is 1. The Kier molecular flexibility index (Phi) is 4.11. The number of rotatable bonds is 3. The highest BCUT2D eigenvalue weighted by molar-refractivity contribution is 9.10. The van der Waals surface area contributed by atoms with Crippen LogP contribution in [0.1, 0.15) is 12.5 Å². The van der Waals surface area contributed by atoms with Crippen molar-refractivity contribution in [2.45, 2.75) is 18.2 Å². The summed E-state index contributed by atoms with van der Waals surface area (Å²) in [5.41, 5.74) is 1.59. The normalized spacial score (nSPS) is 13.7. The third-order valence-electron chi connectivity index (χ3n) is 3.60. The van der Waals surface area contributed by atoms with Crippen LogP contribution in [-0.4, -0.2) is 25.9 Å². The van der Waals surface area contributed by atoms with E-state index in [0.717, 1.165) is 5.56 Å². The summed E-state index contributed by atoms with van der Waals surface area (Å²) in [4.78, 5) is 17.3. The van der Waals surface area contributed by atoms with Gasteiger partial charge in [0.1, 0.15) is 10.7 Å². The van der Waals surface area contributed by atoms with Crippen molar-refractivity contribution < 1.29 is 13.2 Å². The number of amides is 1. The van der Waals surface area contributed by atoms with Gasteiger partial charge in [-0.1, -0.05) is 6.07 Å². The molecule has 3 rings (SSSR count). The maximum Gasteiger partial charge on any atom is 0.264 e. The molecule has 23 heavy (non-hydrogen) atoms. The van der Waals surface area contributed by atoms with E-state index in [1.165, 1.54) is 19.2 Å². The zero-order valence-corrected chi connectivity index (χ0v) is 14.7. The van der Waals surface area contributed by atoms with Crippen LogP contribution >= 0.6 is 15.9 Å². The van der Waals surface area contributed by atoms with Gasteiger partial charge in [0.25, 0.3) is 10.0 Å². The van der Waals surface area contributed by atoms with Crippen LogP contribution in [0.5, 0.6) is 0 Å². The van der Waals surface area contributed by atoms with E-state index >= 15 is 0 Å². The van der Waals surface area contributed by atoms with Gasteiger partial charge in [0, 0.05) is 29.8 Å². The van der Waals surface area contributed by atoms with Crippen molar-refractivity contribution in [1.82, 2.24) is 4.98 Å². The van der Waals surface area contributed by atoms with E-state index in [1.807, 2.05) is 0 Å². The van der Waals surface area contributed by atoms with Gasteiger partial charge in [-0.2, -0.15) is 0 Å². The van der Waals surface area contributed by atoms with Crippen molar-refractivity contribution in [2.75, 3.05) is 16.2 Å². The molecule has 0 spiro atoms. The number of benzene rings is 1. The Morgan fingerprint density at radius 3 is 2.78 bits per heavy atom. The van der Waals surface area contributed by atoms with E-state index in [9.17, 15) is 13.2 Å². The van der Waals surface area contributed by atoms with E-state index in [-0.39, 0.29) is 16.6 Å². The zero-order valence-electron chi connectivity index (χ0n) is 12.3. The van der Waals surface area contributed by atoms with Gasteiger partial charge >= 0.3 is 0 Å². The van der Waals surface area contributed by atoms with Crippen molar-refractivity contribution in [3.05, 3.63) is 46.6 Å². The van der Waals surface area contributed by atoms with E-state index in [4.69, 9.17) is 0 Å². The van der Waals surface area contributed by atoms with Crippen molar-refractivity contribution in [2.24, 2.45) is 0 Å². The number of hydrogen-bond donors (Lipinski definition) is 1. The lowest BCUT2D eigenvalue weighted by atomic mass is 10.2. The lowest BCUT2D eigenvalue weighted by Gasteiger charge is -2.17. The third-order valence-corrected chi connectivity index (χ3v) is 5.92. The van der Waals surface area contributed by atoms with Crippen LogP contribution in [-0.2, 0) is 21.2 Å². The number of carbonyl (C=O) groups is 1. The van der Waals surface area contributed by atoms with Crippen LogP contribution < -0.4 is 9.62 Å². The number of sulfonamides is 1. The fourth-order valence-electron chi connectivity index (χ4n) is 2.54. The second-order valence-corrected chi connectivity index (χ2v) is 7.66. The van der Waals surface area contributed by atoms with Gasteiger partial charge in [0.05, 0.1) is 0 Å². The molecule has 8 heteroatoms. The summed E-state index contributed by atoms with van der Waals surface area (Å²) in [6.07, 6.45) is 2.22. The minimum absolute atomic E-state index is 0.0788. The number of nitrogens with zero attached hydrogens (tertiary/aromatic N) is 2. The summed E-state index contributed by atoms with van der Waals surface area (Å²) >= 11 is 3.31. The van der Waals surface area contributed by atoms with Gasteiger partial charge in [0.15, 0.2) is 0 Å². The second kappa shape index (κ2) is 5.93. The molecular formula is C15H14BrN3O3S. The highest BCUT2D eigenvalue weighted by Gasteiger charge is 2.27. The third kappa shape index (κ3) is 3.09. The predicted octanol–water partition coefficient (Wildman–Crippen LogP) is 2.55. The molecule has 0 fully saturated rings. The van der Waals surface area contributed by atoms with E-state index in [1.54, 1.807) is 29.2 Å². The summed E-state index contributed by atoms with van der Waals surface area (Å²) in [6, 6.07) is 8.25. The van der Waals surface area contributed by atoms with Crippen molar-refractivity contribution in [3.63, 3.8) is 0 Å². The summed E-state index contributed by atoms with van der Waals surface area (Å²) in [7, 11) is -3.81. The Morgan fingerprint density at radius 1 is 1.35 bits per heavy atom. The van der Waals surface area contributed by atoms with E-state index in [2.05, 4.69) is 25.6 Å². The SMILES string of the molecule is CC(=O)N1CCc2cc(Br)c(S(=O)(=O)Nc3ccccn3)cc21. The average Bonchev–Trinajstić information content (AvgIpc) is 2.89. The maximum atomic E-state index is 12.6. The number of anilines is 2. The fraction of sp³-hybridized carbons (Fsp3) is 0.200. The molecule has 2 aromatic rings. The first-order valence-electron chi connectivity index (χ1n) is 6.93.